The maximum Gasteiger partial charge on any atom is 0.573 e. The van der Waals surface area contributed by atoms with Crippen molar-refractivity contribution >= 4 is 23.8 Å². The highest BCUT2D eigenvalue weighted by atomic mass is 19.4. The van der Waals surface area contributed by atoms with Crippen molar-refractivity contribution in [3.8, 4) is 5.75 Å². The summed E-state index contributed by atoms with van der Waals surface area (Å²) in [4.78, 5) is 28.6. The molecule has 0 atom stereocenters. The lowest BCUT2D eigenvalue weighted by Crippen LogP contribution is -2.36. The van der Waals surface area contributed by atoms with Gasteiger partial charge < -0.3 is 25.6 Å². The van der Waals surface area contributed by atoms with Crippen molar-refractivity contribution < 1.29 is 22.7 Å². The second-order valence-electron chi connectivity index (χ2n) is 9.50. The third-order valence-electron chi connectivity index (χ3n) is 6.82. The lowest BCUT2D eigenvalue weighted by molar-refractivity contribution is -0.274. The fourth-order valence-electron chi connectivity index (χ4n) is 4.84. The fourth-order valence-corrected chi connectivity index (χ4v) is 4.84. The Balaban J connectivity index is 1.29. The number of rotatable bonds is 8. The van der Waals surface area contributed by atoms with E-state index in [0.717, 1.165) is 38.8 Å². The third-order valence-corrected chi connectivity index (χ3v) is 6.82. The van der Waals surface area contributed by atoms with Crippen LogP contribution in [0.5, 0.6) is 5.75 Å². The van der Waals surface area contributed by atoms with Gasteiger partial charge in [0, 0.05) is 44.2 Å². The molecule has 202 valence electrons. The summed E-state index contributed by atoms with van der Waals surface area (Å²) in [6, 6.07) is 5.94. The monoisotopic (exact) mass is 521 g/mol. The highest BCUT2D eigenvalue weighted by Crippen LogP contribution is 2.29. The zero-order valence-corrected chi connectivity index (χ0v) is 21.0. The molecular weight excluding hydrogens is 487 g/mol. The average Bonchev–Trinajstić information content (AvgIpc) is 3.17. The standard InChI is InChI=1S/C25H34F3N7O2/c1-29-22-32-23(34-24(33-22)35-14-6-2-3-7-15-35)31-19-12-10-17(11-13-19)21(36)30-16-18-8-4-5-9-20(18)37-25(26,27)28/h4-5,8-9,17,19H,2-3,6-7,10-16H2,1H3,(H,30,36)(H2,29,31,32,33,34). The molecule has 2 aliphatic rings. The van der Waals surface area contributed by atoms with Crippen LogP contribution >= 0.6 is 0 Å². The van der Waals surface area contributed by atoms with Crippen molar-refractivity contribution in [3.05, 3.63) is 29.8 Å². The molecule has 0 bridgehead atoms. The number of carbonyl (C=O) groups excluding carboxylic acids is 1. The van der Waals surface area contributed by atoms with Crippen LogP contribution in [0.25, 0.3) is 0 Å². The number of ether oxygens (including phenoxy) is 1. The molecule has 2 heterocycles. The Morgan fingerprint density at radius 1 is 1.00 bits per heavy atom. The van der Waals surface area contributed by atoms with Gasteiger partial charge in [0.15, 0.2) is 0 Å². The third kappa shape index (κ3) is 7.83. The number of nitrogens with one attached hydrogen (secondary N) is 3. The van der Waals surface area contributed by atoms with E-state index in [4.69, 9.17) is 0 Å². The summed E-state index contributed by atoms with van der Waals surface area (Å²) in [6.07, 6.45) is 2.72. The van der Waals surface area contributed by atoms with Crippen LogP contribution in [0.15, 0.2) is 24.3 Å². The number of hydrogen-bond acceptors (Lipinski definition) is 8. The lowest BCUT2D eigenvalue weighted by atomic mass is 9.85. The Morgan fingerprint density at radius 2 is 1.68 bits per heavy atom. The predicted octanol–water partition coefficient (Wildman–Crippen LogP) is 4.48. The van der Waals surface area contributed by atoms with Crippen molar-refractivity contribution in [1.82, 2.24) is 20.3 Å². The number of benzene rings is 1. The predicted molar refractivity (Wildman–Crippen MR) is 134 cm³/mol. The second kappa shape index (κ2) is 12.3. The molecule has 0 unspecified atom stereocenters. The van der Waals surface area contributed by atoms with E-state index in [1.165, 1.54) is 31.0 Å². The van der Waals surface area contributed by atoms with Crippen LogP contribution in [0, 0.1) is 5.92 Å². The minimum absolute atomic E-state index is 0.0276. The molecule has 37 heavy (non-hydrogen) atoms. The van der Waals surface area contributed by atoms with Crippen LogP contribution in [0.4, 0.5) is 31.0 Å². The first-order chi connectivity index (χ1) is 17.8. The van der Waals surface area contributed by atoms with Gasteiger partial charge in [-0.3, -0.25) is 4.79 Å². The molecule has 12 heteroatoms. The van der Waals surface area contributed by atoms with E-state index in [2.05, 4.69) is 40.5 Å². The normalized spacial score (nSPS) is 20.6. The van der Waals surface area contributed by atoms with Gasteiger partial charge >= 0.3 is 6.36 Å². The molecule has 0 radical (unpaired) electrons. The Labute approximate surface area is 214 Å². The zero-order valence-electron chi connectivity index (χ0n) is 21.0. The van der Waals surface area contributed by atoms with E-state index in [-0.39, 0.29) is 35.7 Å². The molecule has 1 amide bonds. The van der Waals surface area contributed by atoms with Gasteiger partial charge in [-0.25, -0.2) is 0 Å². The topological polar surface area (TPSA) is 104 Å². The summed E-state index contributed by atoms with van der Waals surface area (Å²) in [5.41, 5.74) is 0.277. The summed E-state index contributed by atoms with van der Waals surface area (Å²) < 4.78 is 42.0. The number of anilines is 3. The van der Waals surface area contributed by atoms with Crippen LogP contribution in [0.1, 0.15) is 56.9 Å². The SMILES string of the molecule is CNc1nc(NC2CCC(C(=O)NCc3ccccc3OC(F)(F)F)CC2)nc(N2CCCCCC2)n1. The smallest absolute Gasteiger partial charge is 0.405 e. The minimum Gasteiger partial charge on any atom is -0.405 e. The number of nitrogens with zero attached hydrogens (tertiary/aromatic N) is 4. The first-order valence-corrected chi connectivity index (χ1v) is 12.9. The summed E-state index contributed by atoms with van der Waals surface area (Å²) in [5.74, 6) is 1.04. The van der Waals surface area contributed by atoms with Crippen molar-refractivity contribution in [2.45, 2.75) is 70.3 Å². The molecule has 2 aromatic rings. The Morgan fingerprint density at radius 3 is 2.35 bits per heavy atom. The maximum atomic E-state index is 12.7. The number of carbonyl (C=O) groups is 1. The van der Waals surface area contributed by atoms with Crippen LogP contribution in [0.3, 0.4) is 0 Å². The molecule has 1 aromatic heterocycles. The molecule has 1 aromatic carbocycles. The van der Waals surface area contributed by atoms with Crippen molar-refractivity contribution in [1.29, 1.82) is 0 Å². The van der Waals surface area contributed by atoms with Crippen molar-refractivity contribution in [3.63, 3.8) is 0 Å². The number of hydrogen-bond donors (Lipinski definition) is 3. The molecule has 1 aliphatic carbocycles. The van der Waals surface area contributed by atoms with E-state index in [1.54, 1.807) is 13.1 Å². The number of para-hydroxylation sites is 1. The molecular formula is C25H34F3N7O2. The first-order valence-electron chi connectivity index (χ1n) is 12.9. The van der Waals surface area contributed by atoms with Gasteiger partial charge in [0.2, 0.25) is 23.8 Å². The van der Waals surface area contributed by atoms with Gasteiger partial charge in [-0.2, -0.15) is 15.0 Å². The highest BCUT2D eigenvalue weighted by molar-refractivity contribution is 5.78. The van der Waals surface area contributed by atoms with Gasteiger partial charge in [-0.05, 0) is 44.6 Å². The molecule has 1 aliphatic heterocycles. The first kappa shape index (κ1) is 26.7. The summed E-state index contributed by atoms with van der Waals surface area (Å²) in [5, 5.41) is 9.20. The Bertz CT molecular complexity index is 1040. The van der Waals surface area contributed by atoms with E-state index >= 15 is 0 Å². The molecule has 3 N–H and O–H groups in total. The second-order valence-corrected chi connectivity index (χ2v) is 9.50. The van der Waals surface area contributed by atoms with Crippen LogP contribution in [0.2, 0.25) is 0 Å². The summed E-state index contributed by atoms with van der Waals surface area (Å²) in [7, 11) is 1.78. The largest absolute Gasteiger partial charge is 0.573 e. The Hall–Kier alpha value is -3.31. The van der Waals surface area contributed by atoms with Crippen LogP contribution < -0.4 is 25.6 Å². The van der Waals surface area contributed by atoms with Gasteiger partial charge in [0.1, 0.15) is 5.75 Å². The number of amides is 1. The molecule has 1 saturated heterocycles. The quantitative estimate of drug-likeness (QED) is 0.467. The van der Waals surface area contributed by atoms with E-state index in [9.17, 15) is 18.0 Å². The molecule has 0 spiro atoms. The van der Waals surface area contributed by atoms with E-state index in [1.807, 2.05) is 0 Å². The molecule has 4 rings (SSSR count). The van der Waals surface area contributed by atoms with E-state index < -0.39 is 6.36 Å². The number of alkyl halides is 3. The van der Waals surface area contributed by atoms with E-state index in [0.29, 0.717) is 30.7 Å². The van der Waals surface area contributed by atoms with Gasteiger partial charge in [0.05, 0.1) is 0 Å². The number of aromatic nitrogens is 3. The number of halogens is 3. The van der Waals surface area contributed by atoms with Crippen LogP contribution in [-0.2, 0) is 11.3 Å². The lowest BCUT2D eigenvalue weighted by Gasteiger charge is -2.29. The highest BCUT2D eigenvalue weighted by Gasteiger charge is 2.32. The minimum atomic E-state index is -4.79. The Kier molecular flexibility index (Phi) is 8.88. The van der Waals surface area contributed by atoms with Gasteiger partial charge in [-0.15, -0.1) is 13.2 Å². The van der Waals surface area contributed by atoms with Crippen molar-refractivity contribution in [2.75, 3.05) is 35.7 Å². The van der Waals surface area contributed by atoms with Gasteiger partial charge in [-0.1, -0.05) is 31.0 Å². The maximum absolute atomic E-state index is 12.7. The van der Waals surface area contributed by atoms with Gasteiger partial charge in [0.25, 0.3) is 0 Å². The zero-order chi connectivity index (χ0) is 26.3. The molecule has 1 saturated carbocycles. The van der Waals surface area contributed by atoms with Crippen LogP contribution in [-0.4, -0.2) is 53.4 Å². The summed E-state index contributed by atoms with van der Waals surface area (Å²) in [6.45, 7) is 1.83. The summed E-state index contributed by atoms with van der Waals surface area (Å²) >= 11 is 0. The van der Waals surface area contributed by atoms with Crippen molar-refractivity contribution in [2.24, 2.45) is 5.92 Å². The molecule has 9 nitrogen and oxygen atoms in total. The molecule has 2 fully saturated rings. The average molecular weight is 522 g/mol. The fraction of sp³-hybridized carbons (Fsp3) is 0.600.